The first-order valence-corrected chi connectivity index (χ1v) is 9.44. The van der Waals surface area contributed by atoms with Crippen molar-refractivity contribution in [1.29, 1.82) is 0 Å². The van der Waals surface area contributed by atoms with Gasteiger partial charge < -0.3 is 19.7 Å². The van der Waals surface area contributed by atoms with E-state index in [2.05, 4.69) is 10.1 Å². The van der Waals surface area contributed by atoms with E-state index in [1.807, 2.05) is 0 Å². The van der Waals surface area contributed by atoms with Gasteiger partial charge in [0.1, 0.15) is 5.75 Å². The molecule has 0 radical (unpaired) electrons. The first-order chi connectivity index (χ1) is 13.8. The number of piperidine rings is 1. The van der Waals surface area contributed by atoms with Crippen LogP contribution in [0.2, 0.25) is 5.02 Å². The Hall–Kier alpha value is -2.45. The van der Waals surface area contributed by atoms with Crippen LogP contribution in [-0.2, 0) is 11.3 Å². The van der Waals surface area contributed by atoms with Crippen LogP contribution in [0.4, 0.5) is 23.7 Å². The number of hydrogen-bond donors (Lipinski definition) is 1. The topological polar surface area (TPSA) is 50.8 Å². The molecule has 1 N–H and O–H groups in total. The molecule has 1 atom stereocenters. The second kappa shape index (κ2) is 9.37. The fourth-order valence-electron chi connectivity index (χ4n) is 3.03. The highest BCUT2D eigenvalue weighted by atomic mass is 35.5. The number of hydrogen-bond acceptors (Lipinski definition) is 3. The van der Waals surface area contributed by atoms with E-state index in [4.69, 9.17) is 16.3 Å². The minimum atomic E-state index is -4.71. The van der Waals surface area contributed by atoms with Crippen molar-refractivity contribution in [3.63, 3.8) is 0 Å². The Bertz CT molecular complexity index is 830. The molecule has 29 heavy (non-hydrogen) atoms. The molecule has 1 unspecified atom stereocenters. The van der Waals surface area contributed by atoms with Crippen LogP contribution < -0.4 is 10.1 Å². The fraction of sp³-hybridized carbons (Fsp3) is 0.350. The van der Waals surface area contributed by atoms with E-state index in [-0.39, 0.29) is 24.5 Å². The molecule has 1 aliphatic heterocycles. The second-order valence-corrected chi connectivity index (χ2v) is 7.09. The molecule has 156 valence electrons. The highest BCUT2D eigenvalue weighted by molar-refractivity contribution is 6.30. The number of urea groups is 1. The summed E-state index contributed by atoms with van der Waals surface area (Å²) >= 11 is 5.93. The van der Waals surface area contributed by atoms with E-state index in [1.165, 1.54) is 24.3 Å². The average molecular weight is 429 g/mol. The number of carbonyl (C=O) groups is 1. The summed E-state index contributed by atoms with van der Waals surface area (Å²) in [4.78, 5) is 14.1. The monoisotopic (exact) mass is 428 g/mol. The number of alkyl halides is 3. The molecule has 0 saturated carbocycles. The zero-order valence-electron chi connectivity index (χ0n) is 15.4. The summed E-state index contributed by atoms with van der Waals surface area (Å²) < 4.78 is 46.3. The second-order valence-electron chi connectivity index (χ2n) is 6.65. The molecule has 0 bridgehead atoms. The third-order valence-electron chi connectivity index (χ3n) is 4.38. The van der Waals surface area contributed by atoms with Crippen molar-refractivity contribution in [1.82, 2.24) is 4.90 Å². The van der Waals surface area contributed by atoms with Crippen LogP contribution in [-0.4, -0.2) is 36.5 Å². The summed E-state index contributed by atoms with van der Waals surface area (Å²) in [7, 11) is 0. The number of benzene rings is 2. The van der Waals surface area contributed by atoms with Crippen LogP contribution >= 0.6 is 11.6 Å². The van der Waals surface area contributed by atoms with Crippen molar-refractivity contribution in [3.8, 4) is 5.75 Å². The van der Waals surface area contributed by atoms with Gasteiger partial charge in [0.2, 0.25) is 0 Å². The lowest BCUT2D eigenvalue weighted by molar-refractivity contribution is -0.274. The molecule has 1 saturated heterocycles. The number of rotatable bonds is 5. The maximum atomic E-state index is 12.5. The smallest absolute Gasteiger partial charge is 0.406 e. The summed E-state index contributed by atoms with van der Waals surface area (Å²) in [6.45, 7) is 1.29. The predicted molar refractivity (Wildman–Crippen MR) is 103 cm³/mol. The lowest BCUT2D eigenvalue weighted by Crippen LogP contribution is -2.45. The molecule has 2 amide bonds. The lowest BCUT2D eigenvalue weighted by atomic mass is 10.1. The van der Waals surface area contributed by atoms with Gasteiger partial charge in [-0.05, 0) is 48.7 Å². The van der Waals surface area contributed by atoms with E-state index in [0.717, 1.165) is 18.4 Å². The first kappa shape index (κ1) is 21.3. The van der Waals surface area contributed by atoms with Crippen LogP contribution in [0.3, 0.4) is 0 Å². The zero-order valence-corrected chi connectivity index (χ0v) is 16.2. The standard InChI is InChI=1S/C20H20ClF3N2O3/c21-15-3-1-4-16(11-15)25-19(27)26-10-2-5-18(12-26)28-13-14-6-8-17(9-7-14)29-20(22,23)24/h1,3-4,6-9,11,18H,2,5,10,12-13H2,(H,25,27). The number of amides is 2. The summed E-state index contributed by atoms with van der Waals surface area (Å²) in [5.74, 6) is -0.275. The van der Waals surface area contributed by atoms with Gasteiger partial charge in [-0.1, -0.05) is 29.8 Å². The minimum Gasteiger partial charge on any atom is -0.406 e. The zero-order chi connectivity index (χ0) is 20.9. The van der Waals surface area contributed by atoms with Gasteiger partial charge in [-0.25, -0.2) is 4.79 Å². The molecule has 2 aromatic rings. The number of anilines is 1. The maximum absolute atomic E-state index is 12.5. The quantitative estimate of drug-likeness (QED) is 0.688. The average Bonchev–Trinajstić information content (AvgIpc) is 2.66. The normalized spacial score (nSPS) is 17.1. The van der Waals surface area contributed by atoms with E-state index >= 15 is 0 Å². The molecule has 1 aliphatic rings. The molecule has 1 fully saturated rings. The Labute approximate surface area is 171 Å². The Kier molecular flexibility index (Phi) is 6.87. The van der Waals surface area contributed by atoms with Gasteiger partial charge in [0, 0.05) is 23.8 Å². The SMILES string of the molecule is O=C(Nc1cccc(Cl)c1)N1CCCC(OCc2ccc(OC(F)(F)F)cc2)C1. The fourth-order valence-corrected chi connectivity index (χ4v) is 3.22. The highest BCUT2D eigenvalue weighted by Gasteiger charge is 2.31. The molecule has 9 heteroatoms. The maximum Gasteiger partial charge on any atom is 0.573 e. The Morgan fingerprint density at radius 1 is 1.21 bits per heavy atom. The summed E-state index contributed by atoms with van der Waals surface area (Å²) in [6.07, 6.45) is -3.27. The van der Waals surface area contributed by atoms with Crippen molar-refractivity contribution < 1.29 is 27.4 Å². The summed E-state index contributed by atoms with van der Waals surface area (Å²) in [6, 6.07) is 12.2. The predicted octanol–water partition coefficient (Wildman–Crippen LogP) is 5.45. The first-order valence-electron chi connectivity index (χ1n) is 9.06. The van der Waals surface area contributed by atoms with Gasteiger partial charge in [-0.15, -0.1) is 13.2 Å². The molecule has 0 aliphatic carbocycles. The Morgan fingerprint density at radius 2 is 1.97 bits per heavy atom. The number of ether oxygens (including phenoxy) is 2. The molecule has 5 nitrogen and oxygen atoms in total. The molecule has 2 aromatic carbocycles. The summed E-state index contributed by atoms with van der Waals surface area (Å²) in [5.41, 5.74) is 1.34. The van der Waals surface area contributed by atoms with Gasteiger partial charge in [0.25, 0.3) is 0 Å². The van der Waals surface area contributed by atoms with E-state index in [9.17, 15) is 18.0 Å². The van der Waals surface area contributed by atoms with E-state index in [0.29, 0.717) is 23.8 Å². The number of likely N-dealkylation sites (tertiary alicyclic amines) is 1. The number of halogens is 4. The van der Waals surface area contributed by atoms with Crippen molar-refractivity contribution in [3.05, 3.63) is 59.1 Å². The minimum absolute atomic E-state index is 0.153. The van der Waals surface area contributed by atoms with Gasteiger partial charge in [0.15, 0.2) is 0 Å². The van der Waals surface area contributed by atoms with Gasteiger partial charge in [-0.2, -0.15) is 0 Å². The molecule has 0 spiro atoms. The number of carbonyl (C=O) groups excluding carboxylic acids is 1. The molecule has 1 heterocycles. The molecular weight excluding hydrogens is 409 g/mol. The van der Waals surface area contributed by atoms with Crippen molar-refractivity contribution in [2.24, 2.45) is 0 Å². The van der Waals surface area contributed by atoms with Gasteiger partial charge >= 0.3 is 12.4 Å². The largest absolute Gasteiger partial charge is 0.573 e. The molecule has 3 rings (SSSR count). The van der Waals surface area contributed by atoms with Gasteiger partial charge in [-0.3, -0.25) is 0 Å². The number of nitrogens with zero attached hydrogens (tertiary/aromatic N) is 1. The van der Waals surface area contributed by atoms with Crippen LogP contribution in [0.15, 0.2) is 48.5 Å². The molecular formula is C20H20ClF3N2O3. The van der Waals surface area contributed by atoms with Crippen molar-refractivity contribution in [2.45, 2.75) is 31.9 Å². The molecule has 0 aromatic heterocycles. The van der Waals surface area contributed by atoms with Gasteiger partial charge in [0.05, 0.1) is 12.7 Å². The highest BCUT2D eigenvalue weighted by Crippen LogP contribution is 2.23. The van der Waals surface area contributed by atoms with E-state index in [1.54, 1.807) is 29.2 Å². The van der Waals surface area contributed by atoms with Crippen molar-refractivity contribution in [2.75, 3.05) is 18.4 Å². The van der Waals surface area contributed by atoms with Crippen LogP contribution in [0.5, 0.6) is 5.75 Å². The third-order valence-corrected chi connectivity index (χ3v) is 4.62. The van der Waals surface area contributed by atoms with E-state index < -0.39 is 6.36 Å². The van der Waals surface area contributed by atoms with Crippen LogP contribution in [0.25, 0.3) is 0 Å². The van der Waals surface area contributed by atoms with Crippen LogP contribution in [0, 0.1) is 0 Å². The Morgan fingerprint density at radius 3 is 2.66 bits per heavy atom. The van der Waals surface area contributed by atoms with Crippen LogP contribution in [0.1, 0.15) is 18.4 Å². The summed E-state index contributed by atoms with van der Waals surface area (Å²) in [5, 5.41) is 3.35. The lowest BCUT2D eigenvalue weighted by Gasteiger charge is -2.32. The van der Waals surface area contributed by atoms with Crippen molar-refractivity contribution >= 4 is 23.3 Å². The Balaban J connectivity index is 1.48. The third kappa shape index (κ3) is 6.83. The number of nitrogens with one attached hydrogen (secondary N) is 1.